The maximum absolute atomic E-state index is 14.0. The van der Waals surface area contributed by atoms with E-state index in [-0.39, 0.29) is 11.9 Å². The van der Waals surface area contributed by atoms with Crippen molar-refractivity contribution in [2.24, 2.45) is 0 Å². The minimum atomic E-state index is -0.212. The Balaban J connectivity index is 2.30. The molecule has 19 heavy (non-hydrogen) atoms. The Bertz CT molecular complexity index is 554. The average molecular weight is 343 g/mol. The van der Waals surface area contributed by atoms with E-state index in [1.807, 2.05) is 37.4 Å². The van der Waals surface area contributed by atoms with Crippen molar-refractivity contribution in [3.8, 4) is 0 Å². The second-order valence-electron chi connectivity index (χ2n) is 4.31. The van der Waals surface area contributed by atoms with E-state index in [4.69, 9.17) is 11.6 Å². The molecular weight excluding hydrogens is 329 g/mol. The van der Waals surface area contributed by atoms with E-state index < -0.39 is 0 Å². The second kappa shape index (κ2) is 6.51. The molecule has 0 fully saturated rings. The van der Waals surface area contributed by atoms with Crippen LogP contribution in [-0.4, -0.2) is 7.05 Å². The van der Waals surface area contributed by atoms with Crippen LogP contribution in [0.1, 0.15) is 17.2 Å². The first-order valence-electron chi connectivity index (χ1n) is 5.97. The molecule has 1 N–H and O–H groups in total. The topological polar surface area (TPSA) is 12.0 Å². The van der Waals surface area contributed by atoms with Crippen molar-refractivity contribution in [3.05, 3.63) is 68.9 Å². The highest BCUT2D eigenvalue weighted by Gasteiger charge is 2.17. The maximum Gasteiger partial charge on any atom is 0.129 e. The average Bonchev–Trinajstić information content (AvgIpc) is 2.37. The Morgan fingerprint density at radius 2 is 2.00 bits per heavy atom. The number of nitrogens with one attached hydrogen (secondary N) is 1. The number of rotatable bonds is 4. The lowest BCUT2D eigenvalue weighted by molar-refractivity contribution is 0.531. The number of hydrogen-bond donors (Lipinski definition) is 1. The Morgan fingerprint density at radius 3 is 2.63 bits per heavy atom. The largest absolute Gasteiger partial charge is 0.313 e. The highest BCUT2D eigenvalue weighted by molar-refractivity contribution is 9.10. The molecule has 0 saturated carbocycles. The fraction of sp³-hybridized carbons (Fsp3) is 0.200. The first-order valence-corrected chi connectivity index (χ1v) is 7.14. The Hall–Kier alpha value is -0.900. The van der Waals surface area contributed by atoms with Crippen molar-refractivity contribution < 1.29 is 4.39 Å². The van der Waals surface area contributed by atoms with Gasteiger partial charge in [0.2, 0.25) is 0 Å². The van der Waals surface area contributed by atoms with Gasteiger partial charge in [-0.3, -0.25) is 0 Å². The van der Waals surface area contributed by atoms with E-state index in [0.717, 1.165) is 10.0 Å². The second-order valence-corrected chi connectivity index (χ2v) is 5.60. The van der Waals surface area contributed by atoms with Crippen molar-refractivity contribution in [1.29, 1.82) is 0 Å². The molecule has 0 aromatic heterocycles. The summed E-state index contributed by atoms with van der Waals surface area (Å²) in [7, 11) is 1.83. The van der Waals surface area contributed by atoms with E-state index in [0.29, 0.717) is 17.0 Å². The lowest BCUT2D eigenvalue weighted by atomic mass is 9.98. The van der Waals surface area contributed by atoms with Crippen molar-refractivity contribution in [1.82, 2.24) is 5.32 Å². The smallest absolute Gasteiger partial charge is 0.129 e. The quantitative estimate of drug-likeness (QED) is 0.846. The molecule has 0 amide bonds. The Morgan fingerprint density at radius 1 is 1.26 bits per heavy atom. The third-order valence-electron chi connectivity index (χ3n) is 3.03. The molecule has 2 aromatic rings. The predicted molar refractivity (Wildman–Crippen MR) is 81.1 cm³/mol. The van der Waals surface area contributed by atoms with Gasteiger partial charge in [0, 0.05) is 21.1 Å². The molecule has 1 atom stereocenters. The highest BCUT2D eigenvalue weighted by atomic mass is 79.9. The summed E-state index contributed by atoms with van der Waals surface area (Å²) < 4.78 is 14.7. The van der Waals surface area contributed by atoms with Gasteiger partial charge in [-0.05, 0) is 43.3 Å². The monoisotopic (exact) mass is 341 g/mol. The molecule has 0 spiro atoms. The molecule has 0 saturated heterocycles. The molecule has 0 radical (unpaired) electrons. The van der Waals surface area contributed by atoms with E-state index in [9.17, 15) is 4.39 Å². The summed E-state index contributed by atoms with van der Waals surface area (Å²) in [5.74, 6) is -0.212. The van der Waals surface area contributed by atoms with Crippen LogP contribution in [0, 0.1) is 5.82 Å². The molecule has 1 unspecified atom stereocenters. The normalized spacial score (nSPS) is 12.4. The zero-order valence-electron chi connectivity index (χ0n) is 10.5. The van der Waals surface area contributed by atoms with E-state index in [2.05, 4.69) is 21.2 Å². The van der Waals surface area contributed by atoms with E-state index in [1.54, 1.807) is 6.07 Å². The minimum Gasteiger partial charge on any atom is -0.313 e. The van der Waals surface area contributed by atoms with Gasteiger partial charge in [-0.15, -0.1) is 0 Å². The van der Waals surface area contributed by atoms with Crippen LogP contribution >= 0.6 is 27.5 Å². The molecule has 0 heterocycles. The molecule has 0 aliphatic rings. The summed E-state index contributed by atoms with van der Waals surface area (Å²) >= 11 is 9.39. The number of likely N-dealkylation sites (N-methyl/N-ethyl adjacent to an activating group) is 1. The van der Waals surface area contributed by atoms with Crippen molar-refractivity contribution in [2.75, 3.05) is 7.05 Å². The standard InChI is InChI=1S/C15H14BrClFN/c1-19-14(9-10-4-2-5-11(17)8-10)15-12(16)6-3-7-13(15)18/h2-8,14,19H,9H2,1H3. The molecule has 2 aromatic carbocycles. The van der Waals surface area contributed by atoms with Gasteiger partial charge in [0.05, 0.1) is 0 Å². The van der Waals surface area contributed by atoms with Gasteiger partial charge in [0.15, 0.2) is 0 Å². The SMILES string of the molecule is CNC(Cc1cccc(Cl)c1)c1c(F)cccc1Br. The van der Waals surface area contributed by atoms with Crippen molar-refractivity contribution in [2.45, 2.75) is 12.5 Å². The van der Waals surface area contributed by atoms with Crippen LogP contribution in [0.25, 0.3) is 0 Å². The number of halogens is 3. The maximum atomic E-state index is 14.0. The first-order chi connectivity index (χ1) is 9.11. The van der Waals surface area contributed by atoms with Gasteiger partial charge in [-0.1, -0.05) is 45.7 Å². The lowest BCUT2D eigenvalue weighted by Crippen LogP contribution is -2.20. The summed E-state index contributed by atoms with van der Waals surface area (Å²) in [4.78, 5) is 0. The van der Waals surface area contributed by atoms with Crippen LogP contribution in [0.15, 0.2) is 46.9 Å². The zero-order valence-corrected chi connectivity index (χ0v) is 12.8. The molecule has 1 nitrogen and oxygen atoms in total. The van der Waals surface area contributed by atoms with Gasteiger partial charge in [0.25, 0.3) is 0 Å². The van der Waals surface area contributed by atoms with Crippen LogP contribution < -0.4 is 5.32 Å². The predicted octanol–water partition coefficient (Wildman–Crippen LogP) is 4.74. The molecule has 4 heteroatoms. The van der Waals surface area contributed by atoms with E-state index in [1.165, 1.54) is 6.07 Å². The zero-order chi connectivity index (χ0) is 13.8. The highest BCUT2D eigenvalue weighted by Crippen LogP contribution is 2.28. The summed E-state index contributed by atoms with van der Waals surface area (Å²) in [5, 5.41) is 3.85. The third-order valence-corrected chi connectivity index (χ3v) is 3.95. The molecule has 100 valence electrons. The van der Waals surface area contributed by atoms with Gasteiger partial charge in [0.1, 0.15) is 5.82 Å². The molecule has 0 aliphatic carbocycles. The van der Waals surface area contributed by atoms with Gasteiger partial charge >= 0.3 is 0 Å². The molecular formula is C15H14BrClFN. The molecule has 2 rings (SSSR count). The number of benzene rings is 2. The third kappa shape index (κ3) is 3.56. The van der Waals surface area contributed by atoms with Crippen LogP contribution in [0.5, 0.6) is 0 Å². The van der Waals surface area contributed by atoms with Crippen molar-refractivity contribution >= 4 is 27.5 Å². The molecule has 0 bridgehead atoms. The summed E-state index contributed by atoms with van der Waals surface area (Å²) in [6.07, 6.45) is 0.677. The van der Waals surface area contributed by atoms with Gasteiger partial charge in [-0.25, -0.2) is 4.39 Å². The minimum absolute atomic E-state index is 0.103. The van der Waals surface area contributed by atoms with Crippen LogP contribution in [0.4, 0.5) is 4.39 Å². The summed E-state index contributed by atoms with van der Waals surface area (Å²) in [6.45, 7) is 0. The molecule has 0 aliphatic heterocycles. The van der Waals surface area contributed by atoms with Crippen LogP contribution in [0.2, 0.25) is 5.02 Å². The lowest BCUT2D eigenvalue weighted by Gasteiger charge is -2.19. The number of hydrogen-bond acceptors (Lipinski definition) is 1. The fourth-order valence-corrected chi connectivity index (χ4v) is 2.92. The summed E-state index contributed by atoms with van der Waals surface area (Å²) in [6, 6.07) is 12.5. The van der Waals surface area contributed by atoms with Crippen molar-refractivity contribution in [3.63, 3.8) is 0 Å². The van der Waals surface area contributed by atoms with E-state index >= 15 is 0 Å². The van der Waals surface area contributed by atoms with Crippen LogP contribution in [-0.2, 0) is 6.42 Å². The fourth-order valence-electron chi connectivity index (χ4n) is 2.09. The first kappa shape index (κ1) is 14.5. The Labute approximate surface area is 125 Å². The van der Waals surface area contributed by atoms with Crippen LogP contribution in [0.3, 0.4) is 0 Å². The van der Waals surface area contributed by atoms with Gasteiger partial charge in [-0.2, -0.15) is 0 Å². The Kier molecular flexibility index (Phi) is 4.97. The summed E-state index contributed by atoms with van der Waals surface area (Å²) in [5.41, 5.74) is 1.71. The van der Waals surface area contributed by atoms with Gasteiger partial charge < -0.3 is 5.32 Å².